The number of aromatic nitrogens is 1. The number of nitrogens with zero attached hydrogens (tertiary/aromatic N) is 1. The number of esters is 1. The average molecular weight is 336 g/mol. The lowest BCUT2D eigenvalue weighted by Gasteiger charge is -2.13. The number of para-hydroxylation sites is 1. The Labute approximate surface area is 146 Å². The van der Waals surface area contributed by atoms with Crippen LogP contribution in [-0.4, -0.2) is 22.7 Å². The molecule has 0 saturated carbocycles. The molecule has 0 aliphatic rings. The van der Waals surface area contributed by atoms with E-state index in [0.717, 1.165) is 23.9 Å². The van der Waals surface area contributed by atoms with Crippen molar-refractivity contribution < 1.29 is 14.6 Å². The number of nitrogens with one attached hydrogen (secondary N) is 1. The molecule has 0 atom stereocenters. The maximum atomic E-state index is 12.3. The first kappa shape index (κ1) is 16.8. The molecule has 0 bridgehead atoms. The molecule has 3 rings (SSSR count). The normalized spacial score (nSPS) is 10.6. The molecule has 0 aliphatic heterocycles. The Morgan fingerprint density at radius 1 is 1.08 bits per heavy atom. The molecule has 0 amide bonds. The smallest absolute Gasteiger partial charge is 0.360 e. The van der Waals surface area contributed by atoms with Crippen molar-refractivity contribution in [1.82, 2.24) is 4.98 Å². The fourth-order valence-electron chi connectivity index (χ4n) is 2.52. The topological polar surface area (TPSA) is 71.5 Å². The molecule has 0 aliphatic carbocycles. The molecular weight excluding hydrogens is 316 g/mol. The summed E-state index contributed by atoms with van der Waals surface area (Å²) < 4.78 is 5.21. The van der Waals surface area contributed by atoms with E-state index in [1.807, 2.05) is 49.4 Å². The van der Waals surface area contributed by atoms with Crippen molar-refractivity contribution in [3.63, 3.8) is 0 Å². The van der Waals surface area contributed by atoms with Crippen LogP contribution >= 0.6 is 0 Å². The van der Waals surface area contributed by atoms with Gasteiger partial charge in [0.15, 0.2) is 11.4 Å². The Bertz CT molecular complexity index is 879. The number of hydrogen-bond acceptors (Lipinski definition) is 5. The van der Waals surface area contributed by atoms with Crippen LogP contribution < -0.4 is 5.32 Å². The predicted octanol–water partition coefficient (Wildman–Crippen LogP) is 4.64. The van der Waals surface area contributed by atoms with Crippen LogP contribution in [0.2, 0.25) is 0 Å². The molecular formula is C20H20N2O3. The van der Waals surface area contributed by atoms with Gasteiger partial charge in [-0.15, -0.1) is 0 Å². The summed E-state index contributed by atoms with van der Waals surface area (Å²) in [5.41, 5.74) is 0.768. The van der Waals surface area contributed by atoms with Crippen molar-refractivity contribution in [1.29, 1.82) is 0 Å². The number of hydrogen-bond donors (Lipinski definition) is 2. The monoisotopic (exact) mass is 336 g/mol. The zero-order valence-electron chi connectivity index (χ0n) is 14.0. The van der Waals surface area contributed by atoms with Gasteiger partial charge in [0.2, 0.25) is 0 Å². The zero-order valence-corrected chi connectivity index (χ0v) is 14.0. The standard InChI is InChI=1S/C20H20N2O3/c1-2-3-13-25-20(24)17-18(23)15-11-7-8-12-16(15)19(22-17)21-14-9-5-4-6-10-14/h4-12,23H,2-3,13H2,1H3,(H,21,22). The lowest BCUT2D eigenvalue weighted by Crippen LogP contribution is -2.10. The van der Waals surface area contributed by atoms with E-state index in [1.165, 1.54) is 0 Å². The summed E-state index contributed by atoms with van der Waals surface area (Å²) in [6.45, 7) is 2.33. The number of carbonyl (C=O) groups is 1. The summed E-state index contributed by atoms with van der Waals surface area (Å²) in [6.07, 6.45) is 1.69. The summed E-state index contributed by atoms with van der Waals surface area (Å²) >= 11 is 0. The molecule has 1 heterocycles. The first-order chi connectivity index (χ1) is 12.2. The highest BCUT2D eigenvalue weighted by molar-refractivity contribution is 6.04. The van der Waals surface area contributed by atoms with E-state index in [4.69, 9.17) is 4.74 Å². The number of rotatable bonds is 6. The average Bonchev–Trinajstić information content (AvgIpc) is 2.65. The zero-order chi connectivity index (χ0) is 17.6. The Balaban J connectivity index is 2.03. The van der Waals surface area contributed by atoms with Crippen molar-refractivity contribution in [3.8, 4) is 5.75 Å². The number of anilines is 2. The minimum absolute atomic E-state index is 0.0757. The SMILES string of the molecule is CCCCOC(=O)c1nc(Nc2ccccc2)c2ccccc2c1O. The predicted molar refractivity (Wildman–Crippen MR) is 98.3 cm³/mol. The van der Waals surface area contributed by atoms with Crippen molar-refractivity contribution in [3.05, 3.63) is 60.3 Å². The van der Waals surface area contributed by atoms with Gasteiger partial charge in [-0.1, -0.05) is 55.8 Å². The molecule has 2 aromatic carbocycles. The van der Waals surface area contributed by atoms with Crippen molar-refractivity contribution >= 4 is 28.2 Å². The van der Waals surface area contributed by atoms with E-state index < -0.39 is 5.97 Å². The van der Waals surface area contributed by atoms with Crippen molar-refractivity contribution in [2.45, 2.75) is 19.8 Å². The molecule has 1 aromatic heterocycles. The molecule has 0 spiro atoms. The van der Waals surface area contributed by atoms with E-state index in [9.17, 15) is 9.90 Å². The number of benzene rings is 2. The molecule has 2 N–H and O–H groups in total. The van der Waals surface area contributed by atoms with Crippen LogP contribution in [0.5, 0.6) is 5.75 Å². The highest BCUT2D eigenvalue weighted by Gasteiger charge is 2.20. The fourth-order valence-corrected chi connectivity index (χ4v) is 2.52. The second kappa shape index (κ2) is 7.66. The van der Waals surface area contributed by atoms with Crippen molar-refractivity contribution in [2.24, 2.45) is 0 Å². The van der Waals surface area contributed by atoms with Gasteiger partial charge in [-0.25, -0.2) is 9.78 Å². The van der Waals surface area contributed by atoms with Gasteiger partial charge in [0.05, 0.1) is 6.61 Å². The summed E-state index contributed by atoms with van der Waals surface area (Å²) in [5.74, 6) is -0.273. The number of aromatic hydroxyl groups is 1. The van der Waals surface area contributed by atoms with Gasteiger partial charge in [-0.2, -0.15) is 0 Å². The minimum atomic E-state index is -0.618. The number of unbranched alkanes of at least 4 members (excludes halogenated alkanes) is 1. The lowest BCUT2D eigenvalue weighted by molar-refractivity contribution is 0.0490. The third-order valence-electron chi connectivity index (χ3n) is 3.85. The molecule has 128 valence electrons. The highest BCUT2D eigenvalue weighted by atomic mass is 16.5. The summed E-state index contributed by atoms with van der Waals surface area (Å²) in [5, 5.41) is 15.0. The molecule has 3 aromatic rings. The van der Waals surface area contributed by atoms with E-state index >= 15 is 0 Å². The third-order valence-corrected chi connectivity index (χ3v) is 3.85. The molecule has 0 radical (unpaired) electrons. The molecule has 25 heavy (non-hydrogen) atoms. The van der Waals surface area contributed by atoms with Crippen LogP contribution in [0.3, 0.4) is 0 Å². The van der Waals surface area contributed by atoms with Crippen molar-refractivity contribution in [2.75, 3.05) is 11.9 Å². The second-order valence-corrected chi connectivity index (χ2v) is 5.68. The van der Waals surface area contributed by atoms with E-state index in [0.29, 0.717) is 17.8 Å². The number of pyridine rings is 1. The molecule has 5 nitrogen and oxygen atoms in total. The molecule has 0 saturated heterocycles. The fraction of sp³-hybridized carbons (Fsp3) is 0.200. The quantitative estimate of drug-likeness (QED) is 0.507. The maximum Gasteiger partial charge on any atom is 0.360 e. The lowest BCUT2D eigenvalue weighted by atomic mass is 10.1. The Morgan fingerprint density at radius 2 is 1.76 bits per heavy atom. The molecule has 0 fully saturated rings. The first-order valence-corrected chi connectivity index (χ1v) is 8.31. The van der Waals surface area contributed by atoms with Gasteiger partial charge in [-0.05, 0) is 18.6 Å². The Morgan fingerprint density at radius 3 is 2.48 bits per heavy atom. The van der Waals surface area contributed by atoms with Gasteiger partial charge < -0.3 is 15.2 Å². The van der Waals surface area contributed by atoms with E-state index in [-0.39, 0.29) is 11.4 Å². The summed E-state index contributed by atoms with van der Waals surface area (Å²) in [4.78, 5) is 16.7. The van der Waals surface area contributed by atoms with Crippen LogP contribution in [0.25, 0.3) is 10.8 Å². The van der Waals surface area contributed by atoms with Gasteiger partial charge in [0.1, 0.15) is 5.82 Å². The van der Waals surface area contributed by atoms with E-state index in [1.54, 1.807) is 12.1 Å². The van der Waals surface area contributed by atoms with Crippen LogP contribution in [0, 0.1) is 0 Å². The maximum absolute atomic E-state index is 12.3. The number of carbonyl (C=O) groups excluding carboxylic acids is 1. The molecule has 5 heteroatoms. The van der Waals surface area contributed by atoms with Crippen LogP contribution in [-0.2, 0) is 4.74 Å². The van der Waals surface area contributed by atoms with E-state index in [2.05, 4.69) is 10.3 Å². The highest BCUT2D eigenvalue weighted by Crippen LogP contribution is 2.33. The van der Waals surface area contributed by atoms with Crippen LogP contribution in [0.4, 0.5) is 11.5 Å². The summed E-state index contributed by atoms with van der Waals surface area (Å²) in [7, 11) is 0. The number of fused-ring (bicyclic) bond motifs is 1. The Hall–Kier alpha value is -3.08. The van der Waals surface area contributed by atoms with Gasteiger partial charge in [-0.3, -0.25) is 0 Å². The van der Waals surface area contributed by atoms with Gasteiger partial charge >= 0.3 is 5.97 Å². The van der Waals surface area contributed by atoms with Gasteiger partial charge in [0.25, 0.3) is 0 Å². The summed E-state index contributed by atoms with van der Waals surface area (Å²) in [6, 6.07) is 16.8. The largest absolute Gasteiger partial charge is 0.505 e. The van der Waals surface area contributed by atoms with Gasteiger partial charge in [0, 0.05) is 16.5 Å². The minimum Gasteiger partial charge on any atom is -0.505 e. The first-order valence-electron chi connectivity index (χ1n) is 8.31. The van der Waals surface area contributed by atoms with Crippen LogP contribution in [0.15, 0.2) is 54.6 Å². The van der Waals surface area contributed by atoms with Crippen LogP contribution in [0.1, 0.15) is 30.3 Å². The second-order valence-electron chi connectivity index (χ2n) is 5.68. The number of ether oxygens (including phenoxy) is 1. The Kier molecular flexibility index (Phi) is 5.14. The third kappa shape index (κ3) is 3.71. The molecule has 0 unspecified atom stereocenters.